The summed E-state index contributed by atoms with van der Waals surface area (Å²) in [6, 6.07) is 11.4. The van der Waals surface area contributed by atoms with Crippen LogP contribution >= 0.6 is 0 Å². The largest absolute Gasteiger partial charge is 0.299 e. The fraction of sp³-hybridized carbons (Fsp3) is 0.400. The zero-order chi connectivity index (χ0) is 7.68. The molecule has 2 rings (SSSR count). The molecule has 1 heteroatoms. The van der Waals surface area contributed by atoms with E-state index in [1.807, 2.05) is 0 Å². The third-order valence-corrected chi connectivity index (χ3v) is 2.47. The molecule has 0 spiro atoms. The van der Waals surface area contributed by atoms with E-state index in [9.17, 15) is 0 Å². The number of rotatable bonds is 1. The van der Waals surface area contributed by atoms with Crippen LogP contribution in [0.4, 0.5) is 0 Å². The van der Waals surface area contributed by atoms with Gasteiger partial charge in [0, 0.05) is 12.6 Å². The van der Waals surface area contributed by atoms with Gasteiger partial charge in [-0.2, -0.15) is 0 Å². The van der Waals surface area contributed by atoms with Gasteiger partial charge in [0.1, 0.15) is 0 Å². The zero-order valence-electron chi connectivity index (χ0n) is 6.83. The topological polar surface area (TPSA) is 3.24 Å². The SMILES string of the molecule is CN1CCC1c1ccccc1. The second-order valence-electron chi connectivity index (χ2n) is 3.20. The van der Waals surface area contributed by atoms with E-state index < -0.39 is 0 Å². The van der Waals surface area contributed by atoms with Crippen molar-refractivity contribution in [1.82, 2.24) is 4.90 Å². The molecule has 1 unspecified atom stereocenters. The lowest BCUT2D eigenvalue weighted by molar-refractivity contribution is 0.128. The van der Waals surface area contributed by atoms with Crippen LogP contribution < -0.4 is 0 Å². The fourth-order valence-corrected chi connectivity index (χ4v) is 1.61. The average Bonchev–Trinajstić information content (AvgIpc) is 2.04. The van der Waals surface area contributed by atoms with E-state index in [4.69, 9.17) is 0 Å². The molecule has 1 atom stereocenters. The molecule has 1 aliphatic heterocycles. The summed E-state index contributed by atoms with van der Waals surface area (Å²) in [5.41, 5.74) is 1.46. The van der Waals surface area contributed by atoms with Crippen molar-refractivity contribution in [3.8, 4) is 0 Å². The summed E-state index contributed by atoms with van der Waals surface area (Å²) in [5, 5.41) is 0. The highest BCUT2D eigenvalue weighted by Gasteiger charge is 2.24. The molecular weight excluding hydrogens is 134 g/mol. The molecule has 1 aliphatic rings. The van der Waals surface area contributed by atoms with Gasteiger partial charge in [0.15, 0.2) is 0 Å². The third kappa shape index (κ3) is 1.16. The van der Waals surface area contributed by atoms with Crippen molar-refractivity contribution in [2.24, 2.45) is 0 Å². The minimum atomic E-state index is 0.691. The lowest BCUT2D eigenvalue weighted by Gasteiger charge is -2.38. The van der Waals surface area contributed by atoms with Gasteiger partial charge in [0.25, 0.3) is 0 Å². The Morgan fingerprint density at radius 3 is 2.45 bits per heavy atom. The Balaban J connectivity index is 2.17. The highest BCUT2D eigenvalue weighted by Crippen LogP contribution is 2.30. The maximum absolute atomic E-state index is 2.38. The first-order valence-corrected chi connectivity index (χ1v) is 4.13. The Bertz CT molecular complexity index is 230. The monoisotopic (exact) mass is 147 g/mol. The Labute approximate surface area is 67.6 Å². The van der Waals surface area contributed by atoms with Crippen molar-refractivity contribution >= 4 is 0 Å². The van der Waals surface area contributed by atoms with Crippen LogP contribution in [-0.4, -0.2) is 18.5 Å². The Kier molecular flexibility index (Phi) is 1.66. The van der Waals surface area contributed by atoms with Gasteiger partial charge in [-0.25, -0.2) is 0 Å². The third-order valence-electron chi connectivity index (χ3n) is 2.47. The summed E-state index contributed by atoms with van der Waals surface area (Å²) in [7, 11) is 2.18. The van der Waals surface area contributed by atoms with E-state index in [1.54, 1.807) is 0 Å². The van der Waals surface area contributed by atoms with Crippen LogP contribution in [0.25, 0.3) is 0 Å². The van der Waals surface area contributed by atoms with Gasteiger partial charge in [-0.1, -0.05) is 30.3 Å². The predicted molar refractivity (Wildman–Crippen MR) is 46.4 cm³/mol. The average molecular weight is 147 g/mol. The van der Waals surface area contributed by atoms with Crippen molar-refractivity contribution in [2.45, 2.75) is 12.5 Å². The molecule has 0 bridgehead atoms. The normalized spacial score (nSPS) is 24.6. The summed E-state index contributed by atoms with van der Waals surface area (Å²) in [6.45, 7) is 1.25. The first kappa shape index (κ1) is 6.86. The standard InChI is InChI=1S/C10H13N/c1-11-8-7-10(11)9-5-3-2-4-6-9/h2-6,10H,7-8H2,1H3. The van der Waals surface area contributed by atoms with E-state index in [0.29, 0.717) is 6.04 Å². The minimum absolute atomic E-state index is 0.691. The number of benzene rings is 1. The quantitative estimate of drug-likeness (QED) is 0.587. The van der Waals surface area contributed by atoms with Crippen molar-refractivity contribution in [3.05, 3.63) is 35.9 Å². The van der Waals surface area contributed by atoms with E-state index in [1.165, 1.54) is 18.5 Å². The molecule has 1 fully saturated rings. The summed E-state index contributed by atoms with van der Waals surface area (Å²) in [4.78, 5) is 2.38. The number of likely N-dealkylation sites (tertiary alicyclic amines) is 1. The van der Waals surface area contributed by atoms with Crippen molar-refractivity contribution in [1.29, 1.82) is 0 Å². The number of nitrogens with zero attached hydrogens (tertiary/aromatic N) is 1. The smallest absolute Gasteiger partial charge is 0.0357 e. The molecule has 58 valence electrons. The molecule has 0 amide bonds. The highest BCUT2D eigenvalue weighted by atomic mass is 15.2. The summed E-state index contributed by atoms with van der Waals surface area (Å²) < 4.78 is 0. The molecule has 0 aromatic heterocycles. The van der Waals surface area contributed by atoms with Gasteiger partial charge in [-0.05, 0) is 19.0 Å². The van der Waals surface area contributed by atoms with Gasteiger partial charge >= 0.3 is 0 Å². The second-order valence-corrected chi connectivity index (χ2v) is 3.20. The molecule has 0 saturated carbocycles. The van der Waals surface area contributed by atoms with E-state index in [2.05, 4.69) is 42.3 Å². The first-order chi connectivity index (χ1) is 5.38. The summed E-state index contributed by atoms with van der Waals surface area (Å²) in [6.07, 6.45) is 1.32. The molecule has 1 aromatic rings. The van der Waals surface area contributed by atoms with Crippen molar-refractivity contribution in [3.63, 3.8) is 0 Å². The molecule has 0 aliphatic carbocycles. The van der Waals surface area contributed by atoms with Crippen LogP contribution in [0.5, 0.6) is 0 Å². The summed E-state index contributed by atoms with van der Waals surface area (Å²) >= 11 is 0. The minimum Gasteiger partial charge on any atom is -0.299 e. The van der Waals surface area contributed by atoms with Gasteiger partial charge in [0.05, 0.1) is 0 Å². The van der Waals surface area contributed by atoms with Crippen LogP contribution in [0, 0.1) is 0 Å². The van der Waals surface area contributed by atoms with E-state index >= 15 is 0 Å². The molecule has 1 nitrogen and oxygen atoms in total. The van der Waals surface area contributed by atoms with Gasteiger partial charge in [-0.3, -0.25) is 4.90 Å². The van der Waals surface area contributed by atoms with Gasteiger partial charge < -0.3 is 0 Å². The van der Waals surface area contributed by atoms with Crippen molar-refractivity contribution in [2.75, 3.05) is 13.6 Å². The lowest BCUT2D eigenvalue weighted by atomic mass is 9.96. The van der Waals surface area contributed by atoms with Crippen molar-refractivity contribution < 1.29 is 0 Å². The number of hydrogen-bond donors (Lipinski definition) is 0. The molecule has 11 heavy (non-hydrogen) atoms. The van der Waals surface area contributed by atoms with Crippen LogP contribution in [0.1, 0.15) is 18.0 Å². The fourth-order valence-electron chi connectivity index (χ4n) is 1.61. The predicted octanol–water partition coefficient (Wildman–Crippen LogP) is 2.06. The lowest BCUT2D eigenvalue weighted by Crippen LogP contribution is -2.37. The summed E-state index contributed by atoms with van der Waals surface area (Å²) in [5.74, 6) is 0. The molecule has 0 N–H and O–H groups in total. The molecule has 1 saturated heterocycles. The second kappa shape index (κ2) is 2.67. The Hall–Kier alpha value is -0.820. The Morgan fingerprint density at radius 2 is 2.00 bits per heavy atom. The zero-order valence-corrected chi connectivity index (χ0v) is 6.83. The van der Waals surface area contributed by atoms with Crippen LogP contribution in [0.3, 0.4) is 0 Å². The van der Waals surface area contributed by atoms with Crippen LogP contribution in [0.2, 0.25) is 0 Å². The van der Waals surface area contributed by atoms with Gasteiger partial charge in [0.2, 0.25) is 0 Å². The maximum Gasteiger partial charge on any atom is 0.0357 e. The molecule has 0 radical (unpaired) electrons. The first-order valence-electron chi connectivity index (χ1n) is 4.13. The Morgan fingerprint density at radius 1 is 1.27 bits per heavy atom. The maximum atomic E-state index is 2.38. The van der Waals surface area contributed by atoms with E-state index in [-0.39, 0.29) is 0 Å². The molecule has 1 heterocycles. The van der Waals surface area contributed by atoms with Crippen LogP contribution in [-0.2, 0) is 0 Å². The molecule has 1 aromatic carbocycles. The highest BCUT2D eigenvalue weighted by molar-refractivity contribution is 5.20. The van der Waals surface area contributed by atoms with Gasteiger partial charge in [-0.15, -0.1) is 0 Å². The van der Waals surface area contributed by atoms with Crippen LogP contribution in [0.15, 0.2) is 30.3 Å². The number of hydrogen-bond acceptors (Lipinski definition) is 1. The molecular formula is C10H13N. The van der Waals surface area contributed by atoms with E-state index in [0.717, 1.165) is 0 Å².